The highest BCUT2D eigenvalue weighted by atomic mass is 32.2. The Morgan fingerprint density at radius 2 is 1.36 bits per heavy atom. The van der Waals surface area contributed by atoms with Gasteiger partial charge < -0.3 is 5.11 Å². The second kappa shape index (κ2) is 7.77. The summed E-state index contributed by atoms with van der Waals surface area (Å²) in [5.74, 6) is 0.629. The van der Waals surface area contributed by atoms with Gasteiger partial charge in [-0.2, -0.15) is 4.31 Å². The minimum atomic E-state index is -3.56. The van der Waals surface area contributed by atoms with Gasteiger partial charge in [-0.1, -0.05) is 53.7 Å². The summed E-state index contributed by atoms with van der Waals surface area (Å²) in [6.07, 6.45) is 0.637. The molecule has 5 heteroatoms. The van der Waals surface area contributed by atoms with E-state index in [-0.39, 0.29) is 17.9 Å². The maximum Gasteiger partial charge on any atom is 0.243 e. The standard InChI is InChI=1S/C20H33NO3S/c1-13(2)16-11-18(14(3)4)20(19(12-16)15(5)6)25(23,24)21-9-7-17(22)8-10-21/h11-15,17,22H,7-10H2,1-6H3. The molecule has 2 rings (SSSR count). The van der Waals surface area contributed by atoms with Crippen LogP contribution in [0.2, 0.25) is 0 Å². The van der Waals surface area contributed by atoms with Crippen LogP contribution >= 0.6 is 0 Å². The molecule has 142 valence electrons. The van der Waals surface area contributed by atoms with Gasteiger partial charge in [0.15, 0.2) is 0 Å². The van der Waals surface area contributed by atoms with E-state index in [0.717, 1.165) is 11.1 Å². The van der Waals surface area contributed by atoms with Gasteiger partial charge in [0.1, 0.15) is 0 Å². The van der Waals surface area contributed by atoms with Crippen LogP contribution in [0.25, 0.3) is 0 Å². The van der Waals surface area contributed by atoms with Crippen LogP contribution in [0, 0.1) is 0 Å². The highest BCUT2D eigenvalue weighted by molar-refractivity contribution is 7.89. The Hall–Kier alpha value is -0.910. The van der Waals surface area contributed by atoms with E-state index < -0.39 is 10.0 Å². The fraction of sp³-hybridized carbons (Fsp3) is 0.700. The molecule has 1 aromatic rings. The monoisotopic (exact) mass is 367 g/mol. The molecule has 1 aliphatic heterocycles. The summed E-state index contributed by atoms with van der Waals surface area (Å²) in [7, 11) is -3.56. The molecule has 0 radical (unpaired) electrons. The first-order valence-electron chi connectivity index (χ1n) is 9.41. The molecule has 0 unspecified atom stereocenters. The van der Waals surface area contributed by atoms with Crippen molar-refractivity contribution < 1.29 is 13.5 Å². The zero-order valence-corrected chi connectivity index (χ0v) is 17.2. The molecule has 1 aromatic carbocycles. The molecule has 0 amide bonds. The summed E-state index contributed by atoms with van der Waals surface area (Å²) in [5, 5.41) is 9.72. The van der Waals surface area contributed by atoms with Crippen molar-refractivity contribution in [3.05, 3.63) is 28.8 Å². The summed E-state index contributed by atoms with van der Waals surface area (Å²) in [4.78, 5) is 0.498. The molecule has 1 fully saturated rings. The predicted molar refractivity (Wildman–Crippen MR) is 103 cm³/mol. The Morgan fingerprint density at radius 3 is 1.72 bits per heavy atom. The number of sulfonamides is 1. The maximum atomic E-state index is 13.5. The van der Waals surface area contributed by atoms with Gasteiger partial charge in [-0.25, -0.2) is 8.42 Å². The first-order chi connectivity index (χ1) is 11.6. The average Bonchev–Trinajstić information content (AvgIpc) is 2.53. The van der Waals surface area contributed by atoms with Crippen LogP contribution in [-0.2, 0) is 10.0 Å². The van der Waals surface area contributed by atoms with Crippen LogP contribution in [0.15, 0.2) is 17.0 Å². The van der Waals surface area contributed by atoms with Crippen LogP contribution < -0.4 is 0 Å². The molecule has 0 saturated carbocycles. The van der Waals surface area contributed by atoms with Crippen molar-refractivity contribution in [2.75, 3.05) is 13.1 Å². The summed E-state index contributed by atoms with van der Waals surface area (Å²) in [6.45, 7) is 13.3. The van der Waals surface area contributed by atoms with Gasteiger partial charge in [0, 0.05) is 13.1 Å². The molecular formula is C20H33NO3S. The number of nitrogens with zero attached hydrogens (tertiary/aromatic N) is 1. The van der Waals surface area contributed by atoms with E-state index in [9.17, 15) is 13.5 Å². The minimum absolute atomic E-state index is 0.136. The van der Waals surface area contributed by atoms with E-state index in [0.29, 0.717) is 36.7 Å². The van der Waals surface area contributed by atoms with E-state index in [1.807, 2.05) is 0 Å². The third-order valence-electron chi connectivity index (χ3n) is 5.10. The van der Waals surface area contributed by atoms with Gasteiger partial charge in [0.25, 0.3) is 0 Å². The van der Waals surface area contributed by atoms with Crippen LogP contribution in [-0.4, -0.2) is 37.0 Å². The molecule has 1 aliphatic rings. The van der Waals surface area contributed by atoms with E-state index in [2.05, 4.69) is 53.7 Å². The van der Waals surface area contributed by atoms with Crippen molar-refractivity contribution in [3.63, 3.8) is 0 Å². The molecule has 0 aliphatic carbocycles. The SMILES string of the molecule is CC(C)c1cc(C(C)C)c(S(=O)(=O)N2CCC(O)CC2)c(C(C)C)c1. The predicted octanol–water partition coefficient (Wildman–Crippen LogP) is 4.20. The minimum Gasteiger partial charge on any atom is -0.393 e. The van der Waals surface area contributed by atoms with Gasteiger partial charge >= 0.3 is 0 Å². The molecule has 4 nitrogen and oxygen atoms in total. The van der Waals surface area contributed by atoms with Gasteiger partial charge in [0.2, 0.25) is 10.0 Å². The molecule has 0 bridgehead atoms. The first-order valence-corrected chi connectivity index (χ1v) is 10.9. The number of benzene rings is 1. The fourth-order valence-electron chi connectivity index (χ4n) is 3.40. The highest BCUT2D eigenvalue weighted by Gasteiger charge is 2.34. The lowest BCUT2D eigenvalue weighted by Crippen LogP contribution is -2.40. The maximum absolute atomic E-state index is 13.5. The Bertz CT molecular complexity index is 671. The summed E-state index contributed by atoms with van der Waals surface area (Å²) in [5.41, 5.74) is 3.03. The Labute approximate surface area is 153 Å². The lowest BCUT2D eigenvalue weighted by atomic mass is 9.89. The average molecular weight is 368 g/mol. The third kappa shape index (κ3) is 4.26. The van der Waals surface area contributed by atoms with E-state index >= 15 is 0 Å². The number of rotatable bonds is 5. The normalized spacial score (nSPS) is 17.8. The van der Waals surface area contributed by atoms with E-state index in [1.165, 1.54) is 5.56 Å². The summed E-state index contributed by atoms with van der Waals surface area (Å²) < 4.78 is 28.5. The quantitative estimate of drug-likeness (QED) is 0.848. The van der Waals surface area contributed by atoms with Crippen molar-refractivity contribution in [2.24, 2.45) is 0 Å². The molecule has 1 heterocycles. The number of aliphatic hydroxyl groups is 1. The Morgan fingerprint density at radius 1 is 0.920 bits per heavy atom. The van der Waals surface area contributed by atoms with Crippen LogP contribution in [0.5, 0.6) is 0 Å². The lowest BCUT2D eigenvalue weighted by Gasteiger charge is -2.31. The van der Waals surface area contributed by atoms with Crippen molar-refractivity contribution >= 4 is 10.0 Å². The molecule has 25 heavy (non-hydrogen) atoms. The first kappa shape index (κ1) is 20.4. The second-order valence-electron chi connectivity index (χ2n) is 8.13. The number of hydrogen-bond acceptors (Lipinski definition) is 3. The fourth-order valence-corrected chi connectivity index (χ4v) is 5.53. The zero-order chi connectivity index (χ0) is 18.9. The number of hydrogen-bond donors (Lipinski definition) is 1. The molecule has 0 aromatic heterocycles. The van der Waals surface area contributed by atoms with Gasteiger partial charge in [-0.3, -0.25) is 0 Å². The third-order valence-corrected chi connectivity index (χ3v) is 7.13. The zero-order valence-electron chi connectivity index (χ0n) is 16.4. The van der Waals surface area contributed by atoms with E-state index in [4.69, 9.17) is 0 Å². The largest absolute Gasteiger partial charge is 0.393 e. The van der Waals surface area contributed by atoms with Crippen molar-refractivity contribution in [2.45, 2.75) is 83.1 Å². The van der Waals surface area contributed by atoms with Gasteiger partial charge in [-0.05, 0) is 47.3 Å². The van der Waals surface area contributed by atoms with Crippen molar-refractivity contribution in [1.29, 1.82) is 0 Å². The van der Waals surface area contributed by atoms with E-state index in [1.54, 1.807) is 4.31 Å². The van der Waals surface area contributed by atoms with Crippen LogP contribution in [0.4, 0.5) is 0 Å². The summed E-state index contributed by atoms with van der Waals surface area (Å²) >= 11 is 0. The lowest BCUT2D eigenvalue weighted by molar-refractivity contribution is 0.113. The van der Waals surface area contributed by atoms with Gasteiger partial charge in [0.05, 0.1) is 11.0 Å². The molecule has 1 saturated heterocycles. The topological polar surface area (TPSA) is 57.6 Å². The van der Waals surface area contributed by atoms with Crippen molar-refractivity contribution in [1.82, 2.24) is 4.31 Å². The molecule has 0 spiro atoms. The van der Waals surface area contributed by atoms with Crippen molar-refractivity contribution in [3.8, 4) is 0 Å². The number of piperidine rings is 1. The molecule has 0 atom stereocenters. The number of aliphatic hydroxyl groups excluding tert-OH is 1. The van der Waals surface area contributed by atoms with Crippen LogP contribution in [0.3, 0.4) is 0 Å². The Balaban J connectivity index is 2.65. The molecular weight excluding hydrogens is 334 g/mol. The Kier molecular flexibility index (Phi) is 6.34. The highest BCUT2D eigenvalue weighted by Crippen LogP contribution is 2.37. The molecule has 1 N–H and O–H groups in total. The summed E-state index contributed by atoms with van der Waals surface area (Å²) in [6, 6.07) is 4.15. The smallest absolute Gasteiger partial charge is 0.243 e. The van der Waals surface area contributed by atoms with Gasteiger partial charge in [-0.15, -0.1) is 0 Å². The van der Waals surface area contributed by atoms with Crippen LogP contribution in [0.1, 0.15) is 88.8 Å². The second-order valence-corrected chi connectivity index (χ2v) is 10.0.